The van der Waals surface area contributed by atoms with Crippen molar-refractivity contribution < 1.29 is 4.74 Å². The van der Waals surface area contributed by atoms with Crippen LogP contribution in [0.1, 0.15) is 12.8 Å². The molecular weight excluding hydrogens is 96.1 g/mol. The third-order valence-electron chi connectivity index (χ3n) is 0.772. The molecule has 0 aromatic rings. The van der Waals surface area contributed by atoms with Crippen LogP contribution in [0.5, 0.6) is 0 Å². The Hall–Kier alpha value is -0.110. The van der Waals surface area contributed by atoms with Gasteiger partial charge < -0.3 is 4.74 Å². The van der Waals surface area contributed by atoms with Gasteiger partial charge in [-0.05, 0) is 25.1 Å². The summed E-state index contributed by atoms with van der Waals surface area (Å²) in [6.07, 6.45) is 2.89. The molecule has 0 aliphatic heterocycles. The molecule has 6 heavy (non-hydrogen) atoms. The summed E-state index contributed by atoms with van der Waals surface area (Å²) in [6, 6.07) is 0. The number of rotatable bonds is 2. The van der Waals surface area contributed by atoms with Crippen LogP contribution in [0.15, 0.2) is 0 Å². The zero-order valence-corrected chi connectivity index (χ0v) is 4.20. The van der Waals surface area contributed by atoms with Gasteiger partial charge in [-0.3, -0.25) is 0 Å². The summed E-state index contributed by atoms with van der Waals surface area (Å²) in [5.41, 5.74) is 1.34. The maximum atomic E-state index is 4.84. The smallest absolute Gasteiger partial charge is 0.146 e. The Morgan fingerprint density at radius 1 is 1.67 bits per heavy atom. The van der Waals surface area contributed by atoms with E-state index < -0.39 is 0 Å². The molecule has 34 valence electrons. The van der Waals surface area contributed by atoms with Gasteiger partial charge in [-0.25, -0.2) is 0 Å². The Kier molecular flexibility index (Phi) is 1.05. The molecule has 0 radical (unpaired) electrons. The van der Waals surface area contributed by atoms with Crippen LogP contribution < -0.4 is 0 Å². The van der Waals surface area contributed by atoms with E-state index in [0.717, 1.165) is 0 Å². The monoisotopic (exact) mass is 102 g/mol. The highest BCUT2D eigenvalue weighted by Crippen LogP contribution is 2.22. The minimum Gasteiger partial charge on any atom is -0.487 e. The summed E-state index contributed by atoms with van der Waals surface area (Å²) in [7, 11) is 0. The highest BCUT2D eigenvalue weighted by Gasteiger charge is 2.21. The van der Waals surface area contributed by atoms with Crippen molar-refractivity contribution in [3.8, 4) is 0 Å². The van der Waals surface area contributed by atoms with Crippen LogP contribution in [0.2, 0.25) is 0 Å². The van der Waals surface area contributed by atoms with Gasteiger partial charge in [0.05, 0.1) is 6.10 Å². The van der Waals surface area contributed by atoms with Crippen molar-refractivity contribution in [1.82, 2.24) is 0 Å². The molecule has 0 unspecified atom stereocenters. The third-order valence-corrected chi connectivity index (χ3v) is 0.883. The van der Waals surface area contributed by atoms with Crippen molar-refractivity contribution in [2.24, 2.45) is 0 Å². The maximum Gasteiger partial charge on any atom is 0.146 e. The van der Waals surface area contributed by atoms with Gasteiger partial charge in [0.1, 0.15) is 5.55 Å². The summed E-state index contributed by atoms with van der Waals surface area (Å²) >= 11 is 4.42. The van der Waals surface area contributed by atoms with Gasteiger partial charge >= 0.3 is 0 Å². The SMILES string of the molecule is S=COC1CC1. The molecular formula is C4H6OS. The first kappa shape index (κ1) is 4.06. The van der Waals surface area contributed by atoms with Crippen molar-refractivity contribution in [2.75, 3.05) is 0 Å². The molecule has 0 aromatic carbocycles. The summed E-state index contributed by atoms with van der Waals surface area (Å²) in [5, 5.41) is 0. The summed E-state index contributed by atoms with van der Waals surface area (Å²) in [5.74, 6) is 0. The van der Waals surface area contributed by atoms with Crippen LogP contribution in [-0.2, 0) is 4.74 Å². The Bertz CT molecular complexity index is 58.6. The predicted octanol–water partition coefficient (Wildman–Crippen LogP) is 1.12. The molecule has 1 nitrogen and oxygen atoms in total. The minimum absolute atomic E-state index is 0.488. The average molecular weight is 102 g/mol. The molecule has 1 fully saturated rings. The Morgan fingerprint density at radius 2 is 2.33 bits per heavy atom. The van der Waals surface area contributed by atoms with Crippen LogP contribution in [0.4, 0.5) is 0 Å². The first-order valence-electron chi connectivity index (χ1n) is 2.02. The molecule has 0 spiro atoms. The van der Waals surface area contributed by atoms with E-state index >= 15 is 0 Å². The van der Waals surface area contributed by atoms with E-state index in [2.05, 4.69) is 12.2 Å². The lowest BCUT2D eigenvalue weighted by Gasteiger charge is -1.86. The van der Waals surface area contributed by atoms with Crippen LogP contribution in [-0.4, -0.2) is 11.7 Å². The van der Waals surface area contributed by atoms with Gasteiger partial charge in [-0.15, -0.1) is 0 Å². The maximum absolute atomic E-state index is 4.84. The van der Waals surface area contributed by atoms with Gasteiger partial charge in [-0.2, -0.15) is 0 Å². The lowest BCUT2D eigenvalue weighted by atomic mass is 10.9. The van der Waals surface area contributed by atoms with Crippen molar-refractivity contribution in [3.63, 3.8) is 0 Å². The number of hydrogen-bond acceptors (Lipinski definition) is 2. The molecule has 1 rings (SSSR count). The molecule has 2 heteroatoms. The van der Waals surface area contributed by atoms with Crippen LogP contribution in [0, 0.1) is 0 Å². The van der Waals surface area contributed by atoms with Crippen LogP contribution >= 0.6 is 12.2 Å². The zero-order chi connectivity index (χ0) is 4.41. The van der Waals surface area contributed by atoms with Crippen molar-refractivity contribution in [1.29, 1.82) is 0 Å². The largest absolute Gasteiger partial charge is 0.487 e. The fraction of sp³-hybridized carbons (Fsp3) is 0.750. The fourth-order valence-electron chi connectivity index (χ4n) is 0.283. The van der Waals surface area contributed by atoms with Crippen molar-refractivity contribution in [3.05, 3.63) is 0 Å². The standard InChI is InChI=1S/C4H6OS/c6-3-5-4-1-2-4/h3-4H,1-2H2. The average Bonchev–Trinajstić information content (AvgIpc) is 2.21. The second kappa shape index (κ2) is 1.56. The molecule has 0 aromatic heterocycles. The van der Waals surface area contributed by atoms with Gasteiger partial charge in [0.2, 0.25) is 0 Å². The van der Waals surface area contributed by atoms with E-state index in [4.69, 9.17) is 4.74 Å². The molecule has 0 N–H and O–H groups in total. The van der Waals surface area contributed by atoms with Gasteiger partial charge in [0, 0.05) is 0 Å². The normalized spacial score (nSPS) is 20.0. The number of hydrogen-bond donors (Lipinski definition) is 0. The van der Waals surface area contributed by atoms with Gasteiger partial charge in [0.25, 0.3) is 0 Å². The Morgan fingerprint density at radius 3 is 2.50 bits per heavy atom. The second-order valence-electron chi connectivity index (χ2n) is 1.43. The first-order chi connectivity index (χ1) is 2.93. The molecule has 0 heterocycles. The number of ether oxygens (including phenoxy) is 1. The van der Waals surface area contributed by atoms with E-state index in [9.17, 15) is 0 Å². The first-order valence-corrected chi connectivity index (χ1v) is 2.50. The fourth-order valence-corrected chi connectivity index (χ4v) is 0.440. The zero-order valence-electron chi connectivity index (χ0n) is 3.39. The summed E-state index contributed by atoms with van der Waals surface area (Å²) < 4.78 is 4.84. The highest BCUT2D eigenvalue weighted by atomic mass is 32.1. The van der Waals surface area contributed by atoms with Crippen molar-refractivity contribution in [2.45, 2.75) is 18.9 Å². The second-order valence-corrected chi connectivity index (χ2v) is 1.62. The molecule has 0 atom stereocenters. The molecule has 1 saturated carbocycles. The minimum atomic E-state index is 0.488. The van der Waals surface area contributed by atoms with Crippen molar-refractivity contribution >= 4 is 17.8 Å². The van der Waals surface area contributed by atoms with Crippen LogP contribution in [0.3, 0.4) is 0 Å². The molecule has 1 aliphatic rings. The van der Waals surface area contributed by atoms with E-state index in [1.54, 1.807) is 0 Å². The van der Waals surface area contributed by atoms with Crippen LogP contribution in [0.25, 0.3) is 0 Å². The molecule has 0 saturated heterocycles. The topological polar surface area (TPSA) is 9.23 Å². The van der Waals surface area contributed by atoms with E-state index in [1.165, 1.54) is 18.4 Å². The van der Waals surface area contributed by atoms with E-state index in [0.29, 0.717) is 6.10 Å². The van der Waals surface area contributed by atoms with E-state index in [-0.39, 0.29) is 0 Å². The quantitative estimate of drug-likeness (QED) is 0.483. The molecule has 1 aliphatic carbocycles. The Balaban J connectivity index is 2.00. The summed E-state index contributed by atoms with van der Waals surface area (Å²) in [6.45, 7) is 0. The third kappa shape index (κ3) is 0.937. The number of thiocarbonyl (C=S) groups is 1. The predicted molar refractivity (Wildman–Crippen MR) is 27.8 cm³/mol. The Labute approximate surface area is 42.3 Å². The molecule has 0 bridgehead atoms. The van der Waals surface area contributed by atoms with Gasteiger partial charge in [-0.1, -0.05) is 0 Å². The van der Waals surface area contributed by atoms with Gasteiger partial charge in [0.15, 0.2) is 0 Å². The lowest BCUT2D eigenvalue weighted by molar-refractivity contribution is 0.312. The molecule has 0 amide bonds. The summed E-state index contributed by atoms with van der Waals surface area (Å²) in [4.78, 5) is 0. The highest BCUT2D eigenvalue weighted by molar-refractivity contribution is 7.78. The lowest BCUT2D eigenvalue weighted by Crippen LogP contribution is -1.84. The van der Waals surface area contributed by atoms with E-state index in [1.807, 2.05) is 0 Å².